The monoisotopic (exact) mass is 352 g/mol. The van der Waals surface area contributed by atoms with E-state index in [4.69, 9.17) is 0 Å². The van der Waals surface area contributed by atoms with Crippen LogP contribution in [0.2, 0.25) is 0 Å². The Balaban J connectivity index is 1.66. The number of esters is 1. The Labute approximate surface area is 149 Å². The summed E-state index contributed by atoms with van der Waals surface area (Å²) in [6, 6.07) is 17.2. The van der Waals surface area contributed by atoms with Crippen LogP contribution in [0.25, 0.3) is 0 Å². The second-order valence-corrected chi connectivity index (χ2v) is 6.03. The zero-order chi connectivity index (χ0) is 17.5. The van der Waals surface area contributed by atoms with Crippen LogP contribution in [0.3, 0.4) is 0 Å². The molecule has 0 saturated heterocycles. The van der Waals surface area contributed by atoms with Crippen molar-refractivity contribution < 1.29 is 9.53 Å². The van der Waals surface area contributed by atoms with E-state index in [1.807, 2.05) is 18.2 Å². The third-order valence-corrected chi connectivity index (χ3v) is 4.38. The van der Waals surface area contributed by atoms with E-state index in [9.17, 15) is 4.79 Å². The average molecular weight is 352 g/mol. The summed E-state index contributed by atoms with van der Waals surface area (Å²) in [7, 11) is 1.36. The maximum absolute atomic E-state index is 11.4. The number of ether oxygens (including phenoxy) is 1. The van der Waals surface area contributed by atoms with Gasteiger partial charge < -0.3 is 4.74 Å². The fourth-order valence-corrected chi connectivity index (χ4v) is 2.89. The number of benzene rings is 2. The number of aromatic nitrogens is 3. The van der Waals surface area contributed by atoms with Crippen LogP contribution in [0.4, 0.5) is 0 Å². The topological polar surface area (TPSA) is 69.4 Å². The number of carbonyl (C=O) groups is 1. The van der Waals surface area contributed by atoms with Gasteiger partial charge in [0, 0.05) is 5.75 Å². The molecule has 0 N–H and O–H groups in total. The van der Waals surface area contributed by atoms with Crippen LogP contribution in [-0.2, 0) is 10.5 Å². The molecule has 0 fully saturated rings. The number of nitrogens with zero attached hydrogens (tertiary/aromatic N) is 4. The molecule has 25 heavy (non-hydrogen) atoms. The summed E-state index contributed by atoms with van der Waals surface area (Å²) in [6.07, 6.45) is 3.25. The molecule has 0 saturated carbocycles. The molecule has 1 aromatic heterocycles. The third kappa shape index (κ3) is 4.54. The van der Waals surface area contributed by atoms with Crippen molar-refractivity contribution in [2.75, 3.05) is 7.11 Å². The zero-order valence-corrected chi connectivity index (χ0v) is 14.4. The van der Waals surface area contributed by atoms with Crippen LogP contribution in [-0.4, -0.2) is 34.2 Å². The lowest BCUT2D eigenvalue weighted by Gasteiger charge is -2.01. The minimum atomic E-state index is -0.359. The van der Waals surface area contributed by atoms with Crippen LogP contribution >= 0.6 is 11.8 Å². The molecule has 0 atom stereocenters. The van der Waals surface area contributed by atoms with Gasteiger partial charge in [-0.05, 0) is 23.3 Å². The van der Waals surface area contributed by atoms with Crippen molar-refractivity contribution in [3.05, 3.63) is 77.6 Å². The number of hydrogen-bond donors (Lipinski definition) is 0. The SMILES string of the molecule is COC(=O)c1ccc(C=Nn2cnnc2SCc2ccccc2)cc1. The highest BCUT2D eigenvalue weighted by molar-refractivity contribution is 7.98. The van der Waals surface area contributed by atoms with Gasteiger partial charge in [0.1, 0.15) is 6.33 Å². The predicted octanol–water partition coefficient (Wildman–Crippen LogP) is 3.24. The zero-order valence-electron chi connectivity index (χ0n) is 13.6. The Morgan fingerprint density at radius 1 is 1.20 bits per heavy atom. The number of hydrogen-bond acceptors (Lipinski definition) is 6. The van der Waals surface area contributed by atoms with Gasteiger partial charge in [-0.3, -0.25) is 0 Å². The molecular formula is C18H16N4O2S. The van der Waals surface area contributed by atoms with Crippen molar-refractivity contribution >= 4 is 23.9 Å². The Morgan fingerprint density at radius 2 is 1.96 bits per heavy atom. The molecule has 6 nitrogen and oxygen atoms in total. The smallest absolute Gasteiger partial charge is 0.337 e. The van der Waals surface area contributed by atoms with E-state index < -0.39 is 0 Å². The van der Waals surface area contributed by atoms with Gasteiger partial charge in [-0.25, -0.2) is 4.79 Å². The van der Waals surface area contributed by atoms with Crippen LogP contribution in [0.1, 0.15) is 21.5 Å². The highest BCUT2D eigenvalue weighted by Crippen LogP contribution is 2.20. The fourth-order valence-electron chi connectivity index (χ4n) is 2.07. The minimum Gasteiger partial charge on any atom is -0.465 e. The number of carbonyl (C=O) groups excluding carboxylic acids is 1. The first-order valence-corrected chi connectivity index (χ1v) is 8.54. The highest BCUT2D eigenvalue weighted by atomic mass is 32.2. The molecule has 3 aromatic rings. The average Bonchev–Trinajstić information content (AvgIpc) is 3.13. The van der Waals surface area contributed by atoms with Gasteiger partial charge in [0.15, 0.2) is 0 Å². The molecule has 0 unspecified atom stereocenters. The molecule has 0 bridgehead atoms. The molecule has 126 valence electrons. The second kappa shape index (κ2) is 8.25. The van der Waals surface area contributed by atoms with E-state index in [0.717, 1.165) is 11.3 Å². The van der Waals surface area contributed by atoms with Gasteiger partial charge in [0.25, 0.3) is 0 Å². The van der Waals surface area contributed by atoms with E-state index in [0.29, 0.717) is 10.7 Å². The summed E-state index contributed by atoms with van der Waals surface area (Å²) in [5.74, 6) is 0.435. The summed E-state index contributed by atoms with van der Waals surface area (Å²) in [5, 5.41) is 13.1. The molecule has 3 rings (SSSR count). The molecule has 7 heteroatoms. The summed E-state index contributed by atoms with van der Waals surface area (Å²) in [6.45, 7) is 0. The maximum Gasteiger partial charge on any atom is 0.337 e. The molecule has 1 heterocycles. The van der Waals surface area contributed by atoms with Gasteiger partial charge in [-0.2, -0.15) is 9.78 Å². The van der Waals surface area contributed by atoms with E-state index in [2.05, 4.69) is 32.2 Å². The molecular weight excluding hydrogens is 336 g/mol. The van der Waals surface area contributed by atoms with E-state index in [1.165, 1.54) is 12.7 Å². The van der Waals surface area contributed by atoms with E-state index >= 15 is 0 Å². The Hall–Kier alpha value is -2.93. The van der Waals surface area contributed by atoms with Gasteiger partial charge in [-0.1, -0.05) is 54.2 Å². The van der Waals surface area contributed by atoms with Gasteiger partial charge >= 0.3 is 5.97 Å². The Kier molecular flexibility index (Phi) is 5.58. The van der Waals surface area contributed by atoms with Crippen molar-refractivity contribution in [3.8, 4) is 0 Å². The third-order valence-electron chi connectivity index (χ3n) is 3.37. The van der Waals surface area contributed by atoms with Crippen LogP contribution in [0.5, 0.6) is 0 Å². The highest BCUT2D eigenvalue weighted by Gasteiger charge is 2.05. The first-order chi connectivity index (χ1) is 12.3. The molecule has 0 aliphatic rings. The van der Waals surface area contributed by atoms with E-state index in [1.54, 1.807) is 53.2 Å². The summed E-state index contributed by atoms with van der Waals surface area (Å²) in [5.41, 5.74) is 2.58. The van der Waals surface area contributed by atoms with E-state index in [-0.39, 0.29) is 5.97 Å². The predicted molar refractivity (Wildman–Crippen MR) is 96.8 cm³/mol. The number of thioether (sulfide) groups is 1. The normalized spacial score (nSPS) is 10.9. The number of methoxy groups -OCH3 is 1. The standard InChI is InChI=1S/C18H16N4O2S/c1-24-17(23)16-9-7-14(8-10-16)11-20-22-13-19-21-18(22)25-12-15-5-3-2-4-6-15/h2-11,13H,12H2,1H3. The molecule has 2 aromatic carbocycles. The van der Waals surface area contributed by atoms with Crippen molar-refractivity contribution in [2.24, 2.45) is 5.10 Å². The molecule has 0 amide bonds. The summed E-state index contributed by atoms with van der Waals surface area (Å²) >= 11 is 1.57. The number of rotatable bonds is 6. The second-order valence-electron chi connectivity index (χ2n) is 5.09. The summed E-state index contributed by atoms with van der Waals surface area (Å²) < 4.78 is 6.30. The fraction of sp³-hybridized carbons (Fsp3) is 0.111. The minimum absolute atomic E-state index is 0.359. The lowest BCUT2D eigenvalue weighted by atomic mass is 10.1. The van der Waals surface area contributed by atoms with Crippen molar-refractivity contribution in [1.29, 1.82) is 0 Å². The first-order valence-electron chi connectivity index (χ1n) is 7.56. The van der Waals surface area contributed by atoms with Crippen LogP contribution in [0.15, 0.2) is 71.2 Å². The molecule has 0 radical (unpaired) electrons. The molecule has 0 aliphatic carbocycles. The lowest BCUT2D eigenvalue weighted by molar-refractivity contribution is 0.0600. The summed E-state index contributed by atoms with van der Waals surface area (Å²) in [4.78, 5) is 11.4. The molecule has 0 aliphatic heterocycles. The van der Waals surface area contributed by atoms with Crippen molar-refractivity contribution in [2.45, 2.75) is 10.9 Å². The maximum atomic E-state index is 11.4. The van der Waals surface area contributed by atoms with Gasteiger partial charge in [-0.15, -0.1) is 10.2 Å². The van der Waals surface area contributed by atoms with Crippen molar-refractivity contribution in [1.82, 2.24) is 14.9 Å². The Morgan fingerprint density at radius 3 is 2.68 bits per heavy atom. The van der Waals surface area contributed by atoms with Crippen molar-refractivity contribution in [3.63, 3.8) is 0 Å². The quantitative estimate of drug-likeness (QED) is 0.387. The van der Waals surface area contributed by atoms with Gasteiger partial charge in [0.2, 0.25) is 5.16 Å². The molecule has 0 spiro atoms. The Bertz CT molecular complexity index is 860. The van der Waals surface area contributed by atoms with Crippen LogP contribution in [0, 0.1) is 0 Å². The first kappa shape index (κ1) is 16.9. The lowest BCUT2D eigenvalue weighted by Crippen LogP contribution is -2.00. The van der Waals surface area contributed by atoms with Crippen LogP contribution < -0.4 is 0 Å². The van der Waals surface area contributed by atoms with Gasteiger partial charge in [0.05, 0.1) is 18.9 Å². The largest absolute Gasteiger partial charge is 0.465 e.